The topological polar surface area (TPSA) is 157 Å². The largest absolute Gasteiger partial charge is 0.493 e. The van der Waals surface area contributed by atoms with Gasteiger partial charge < -0.3 is 35.6 Å². The van der Waals surface area contributed by atoms with E-state index in [0.717, 1.165) is 51.0 Å². The molecule has 1 fully saturated rings. The van der Waals surface area contributed by atoms with Crippen molar-refractivity contribution in [1.29, 1.82) is 0 Å². The summed E-state index contributed by atoms with van der Waals surface area (Å²) in [6.45, 7) is 0.199. The van der Waals surface area contributed by atoms with Gasteiger partial charge >= 0.3 is 0 Å². The van der Waals surface area contributed by atoms with E-state index in [1.165, 1.54) is 12.1 Å². The number of carbonyl (C=O) groups excluding carboxylic acids is 2. The van der Waals surface area contributed by atoms with Crippen LogP contribution < -0.4 is 20.3 Å². The first-order valence-electron chi connectivity index (χ1n) is 13.0. The highest BCUT2D eigenvalue weighted by Gasteiger charge is 2.29. The maximum absolute atomic E-state index is 14.5. The zero-order valence-corrected chi connectivity index (χ0v) is 22.8. The van der Waals surface area contributed by atoms with Crippen LogP contribution in [-0.4, -0.2) is 82.2 Å². The van der Waals surface area contributed by atoms with Gasteiger partial charge in [0.05, 0.1) is 50.3 Å². The number of halogens is 2. The van der Waals surface area contributed by atoms with Crippen LogP contribution in [0.1, 0.15) is 31.2 Å². The molecular weight excluding hydrogens is 545 g/mol. The number of ether oxygens (including phenoxy) is 1. The first-order chi connectivity index (χ1) is 19.3. The van der Waals surface area contributed by atoms with Crippen LogP contribution in [0.2, 0.25) is 5.02 Å². The van der Waals surface area contributed by atoms with Crippen molar-refractivity contribution in [3.63, 3.8) is 0 Å². The van der Waals surface area contributed by atoms with E-state index in [2.05, 4.69) is 25.5 Å². The lowest BCUT2D eigenvalue weighted by molar-refractivity contribution is -0.120. The van der Waals surface area contributed by atoms with E-state index in [-0.39, 0.29) is 12.0 Å². The summed E-state index contributed by atoms with van der Waals surface area (Å²) in [7, 11) is 0. The lowest BCUT2D eigenvalue weighted by Crippen LogP contribution is -2.56. The molecule has 2 heterocycles. The Morgan fingerprint density at radius 2 is 1.82 bits per heavy atom. The molecule has 1 aromatic carbocycles. The summed E-state index contributed by atoms with van der Waals surface area (Å²) < 4.78 is 20.2. The molecule has 1 saturated heterocycles. The molecule has 13 heteroatoms. The summed E-state index contributed by atoms with van der Waals surface area (Å²) in [4.78, 5) is 34.7. The van der Waals surface area contributed by atoms with Gasteiger partial charge in [-0.2, -0.15) is 0 Å². The maximum Gasteiger partial charge on any atom is 0.246 e. The normalized spacial score (nSPS) is 14.4. The Balaban J connectivity index is 1.35. The van der Waals surface area contributed by atoms with Crippen LogP contribution in [0, 0.1) is 11.7 Å². The summed E-state index contributed by atoms with van der Waals surface area (Å²) in [6, 6.07) is 4.33. The van der Waals surface area contributed by atoms with Gasteiger partial charge in [0, 0.05) is 31.4 Å². The lowest BCUT2D eigenvalue weighted by Gasteiger charge is -2.31. The van der Waals surface area contributed by atoms with Crippen molar-refractivity contribution in [3.8, 4) is 5.75 Å². The van der Waals surface area contributed by atoms with E-state index in [9.17, 15) is 29.3 Å². The number of nitrogens with zero attached hydrogens (tertiary/aromatic N) is 3. The number of aromatic nitrogens is 2. The van der Waals surface area contributed by atoms with Gasteiger partial charge in [-0.3, -0.25) is 9.59 Å². The van der Waals surface area contributed by atoms with Crippen LogP contribution in [0.15, 0.2) is 42.9 Å². The van der Waals surface area contributed by atoms with Gasteiger partial charge in [0.1, 0.15) is 17.1 Å². The Morgan fingerprint density at radius 1 is 1.15 bits per heavy atom. The number of aliphatic hydroxyl groups is 3. The number of amides is 2. The maximum atomic E-state index is 14.5. The van der Waals surface area contributed by atoms with E-state index in [0.29, 0.717) is 29.2 Å². The minimum absolute atomic E-state index is 0.166. The molecule has 0 radical (unpaired) electrons. The summed E-state index contributed by atoms with van der Waals surface area (Å²) in [5.41, 5.74) is -1.41. The number of piperidine rings is 1. The third-order valence-corrected chi connectivity index (χ3v) is 6.88. The summed E-state index contributed by atoms with van der Waals surface area (Å²) in [5, 5.41) is 32.8. The highest BCUT2D eigenvalue weighted by molar-refractivity contribution is 6.30. The second kappa shape index (κ2) is 15.5. The second-order valence-corrected chi connectivity index (χ2v) is 10.1. The summed E-state index contributed by atoms with van der Waals surface area (Å²) in [5.74, 6) is -0.226. The van der Waals surface area contributed by atoms with Crippen molar-refractivity contribution in [1.82, 2.24) is 20.6 Å². The molecular formula is C27H35ClFN5O6. The third-order valence-electron chi connectivity index (χ3n) is 6.68. The fraction of sp³-hybridized carbons (Fsp3) is 0.481. The van der Waals surface area contributed by atoms with Crippen molar-refractivity contribution in [2.45, 2.75) is 37.6 Å². The van der Waals surface area contributed by atoms with Gasteiger partial charge in [0.2, 0.25) is 17.8 Å². The Labute approximate surface area is 237 Å². The van der Waals surface area contributed by atoms with Gasteiger partial charge in [-0.25, -0.2) is 14.4 Å². The Hall–Kier alpha value is -3.32. The van der Waals surface area contributed by atoms with E-state index in [4.69, 9.17) is 16.3 Å². The van der Waals surface area contributed by atoms with Crippen molar-refractivity contribution in [3.05, 3.63) is 59.3 Å². The average Bonchev–Trinajstić information content (AvgIpc) is 2.96. The number of hydrogen-bond acceptors (Lipinski definition) is 9. The van der Waals surface area contributed by atoms with E-state index in [1.54, 1.807) is 18.5 Å². The van der Waals surface area contributed by atoms with E-state index >= 15 is 0 Å². The molecule has 0 atom stereocenters. The van der Waals surface area contributed by atoms with Crippen LogP contribution in [0.4, 0.5) is 10.3 Å². The fourth-order valence-corrected chi connectivity index (χ4v) is 4.32. The molecule has 2 amide bonds. The molecule has 0 saturated carbocycles. The highest BCUT2D eigenvalue weighted by Crippen LogP contribution is 2.25. The van der Waals surface area contributed by atoms with Crippen LogP contribution in [0.25, 0.3) is 0 Å². The Kier molecular flexibility index (Phi) is 12.1. The van der Waals surface area contributed by atoms with E-state index < -0.39 is 43.0 Å². The first kappa shape index (κ1) is 31.2. The molecule has 3 rings (SSSR count). The predicted molar refractivity (Wildman–Crippen MR) is 146 cm³/mol. The molecule has 2 aromatic rings. The van der Waals surface area contributed by atoms with Crippen molar-refractivity contribution >= 4 is 29.4 Å². The molecule has 1 aromatic heterocycles. The number of aliphatic hydroxyl groups excluding tert-OH is 3. The number of rotatable bonds is 14. The zero-order chi connectivity index (χ0) is 29.0. The highest BCUT2D eigenvalue weighted by atomic mass is 35.5. The predicted octanol–water partition coefficient (Wildman–Crippen LogP) is 1.35. The number of hydrogen-bond donors (Lipinski definition) is 5. The monoisotopic (exact) mass is 579 g/mol. The number of benzene rings is 1. The minimum Gasteiger partial charge on any atom is -0.493 e. The van der Waals surface area contributed by atoms with Crippen LogP contribution in [-0.2, 0) is 16.0 Å². The summed E-state index contributed by atoms with van der Waals surface area (Å²) >= 11 is 5.85. The molecule has 218 valence electrons. The third kappa shape index (κ3) is 9.40. The molecule has 0 bridgehead atoms. The van der Waals surface area contributed by atoms with Gasteiger partial charge in [-0.05, 0) is 43.2 Å². The molecule has 1 aliphatic rings. The number of nitrogens with one attached hydrogen (secondary N) is 2. The number of carbonyl (C=O) groups is 2. The Bertz CT molecular complexity index is 1130. The minimum atomic E-state index is -1.58. The van der Waals surface area contributed by atoms with Gasteiger partial charge in [0.25, 0.3) is 0 Å². The molecule has 40 heavy (non-hydrogen) atoms. The fourth-order valence-electron chi connectivity index (χ4n) is 4.22. The SMILES string of the molecule is O=C(/C=C/NC(=O)Cc1ccc(OCCCC2CCN(c3ncc(Cl)cn3)CC2)cc1F)NC(CO)(CO)CO. The smallest absolute Gasteiger partial charge is 0.246 e. The van der Waals surface area contributed by atoms with Gasteiger partial charge in [-0.15, -0.1) is 0 Å². The quantitative estimate of drug-likeness (QED) is 0.165. The molecule has 0 spiro atoms. The molecule has 1 aliphatic heterocycles. The molecule has 0 aliphatic carbocycles. The molecule has 5 N–H and O–H groups in total. The van der Waals surface area contributed by atoms with Gasteiger partial charge in [-0.1, -0.05) is 17.7 Å². The van der Waals surface area contributed by atoms with Crippen LogP contribution >= 0.6 is 11.6 Å². The lowest BCUT2D eigenvalue weighted by atomic mass is 9.92. The van der Waals surface area contributed by atoms with Crippen molar-refractivity contribution < 1.29 is 34.0 Å². The van der Waals surface area contributed by atoms with Crippen molar-refractivity contribution in [2.75, 3.05) is 44.4 Å². The molecule has 11 nitrogen and oxygen atoms in total. The first-order valence-corrected chi connectivity index (χ1v) is 13.4. The Morgan fingerprint density at radius 3 is 2.45 bits per heavy atom. The van der Waals surface area contributed by atoms with Crippen LogP contribution in [0.5, 0.6) is 5.75 Å². The summed E-state index contributed by atoms with van der Waals surface area (Å²) in [6.07, 6.45) is 8.86. The zero-order valence-electron chi connectivity index (χ0n) is 22.1. The van der Waals surface area contributed by atoms with Gasteiger partial charge in [0.15, 0.2) is 0 Å². The number of anilines is 1. The standard InChI is InChI=1S/C27H35ClFN5O6/c28-21-14-31-26(32-15-21)34-9-6-19(7-10-34)2-1-11-40-22-4-3-20(23(29)13-22)12-25(39)30-8-5-24(38)33-27(16-35,17-36)18-37/h3-5,8,13-15,19,35-37H,1-2,6-7,9-12,16-18H2,(H,30,39)(H,33,38)/b8-5+. The average molecular weight is 580 g/mol. The second-order valence-electron chi connectivity index (χ2n) is 9.70. The van der Waals surface area contributed by atoms with Crippen molar-refractivity contribution in [2.24, 2.45) is 5.92 Å². The molecule has 0 unspecified atom stereocenters. The van der Waals surface area contributed by atoms with E-state index in [1.807, 2.05) is 0 Å². The van der Waals surface area contributed by atoms with Crippen LogP contribution in [0.3, 0.4) is 0 Å².